The fourth-order valence-corrected chi connectivity index (χ4v) is 4.70. The molecule has 0 spiro atoms. The molecule has 1 aliphatic carbocycles. The normalized spacial score (nSPS) is 18.3. The molecule has 0 bridgehead atoms. The Bertz CT molecular complexity index is 166. The van der Waals surface area contributed by atoms with Crippen LogP contribution in [-0.4, -0.2) is 0 Å². The predicted octanol–water partition coefficient (Wildman–Crippen LogP) is 3.45. The van der Waals surface area contributed by atoms with E-state index in [1.165, 1.54) is 0 Å². The van der Waals surface area contributed by atoms with Crippen molar-refractivity contribution in [3.8, 4) is 0 Å². The number of halogens is 3. The van der Waals surface area contributed by atoms with Gasteiger partial charge in [-0.05, 0) is 0 Å². The zero-order valence-electron chi connectivity index (χ0n) is 4.57. The zero-order chi connectivity index (χ0) is 6.91. The van der Waals surface area contributed by atoms with Gasteiger partial charge in [0.25, 0.3) is 0 Å². The minimum absolute atomic E-state index is 0.854. The van der Waals surface area contributed by atoms with Crippen LogP contribution in [0.1, 0.15) is 6.42 Å². The fourth-order valence-electron chi connectivity index (χ4n) is 0.657. The monoisotopic (exact) mass is 260 g/mol. The van der Waals surface area contributed by atoms with E-state index in [2.05, 4.69) is 0 Å². The van der Waals surface area contributed by atoms with E-state index < -0.39 is 16.7 Å². The SMILES string of the molecule is [Cl][Zr]([Cl])([Cl])[C]1=CC=CC1. The average Bonchev–Trinajstić information content (AvgIpc) is 2.08. The Morgan fingerprint density at radius 3 is 2.22 bits per heavy atom. The maximum absolute atomic E-state index is 5.77. The first-order chi connectivity index (χ1) is 4.11. The van der Waals surface area contributed by atoms with Crippen molar-refractivity contribution >= 4 is 25.5 Å². The molecule has 0 nitrogen and oxygen atoms in total. The van der Waals surface area contributed by atoms with Gasteiger partial charge >= 0.3 is 70.2 Å². The zero-order valence-corrected chi connectivity index (χ0v) is 9.30. The minimum atomic E-state index is -3.18. The molecule has 1 aliphatic rings. The molecule has 0 unspecified atom stereocenters. The van der Waals surface area contributed by atoms with Crippen LogP contribution in [0, 0.1) is 0 Å². The Kier molecular flexibility index (Phi) is 2.86. The third-order valence-corrected chi connectivity index (χ3v) is 8.14. The molecule has 0 amide bonds. The summed E-state index contributed by atoms with van der Waals surface area (Å²) in [7, 11) is 17.3. The van der Waals surface area contributed by atoms with Crippen LogP contribution in [0.3, 0.4) is 0 Å². The van der Waals surface area contributed by atoms with E-state index >= 15 is 0 Å². The quantitative estimate of drug-likeness (QED) is 0.679. The molecule has 9 heavy (non-hydrogen) atoms. The summed E-state index contributed by atoms with van der Waals surface area (Å²) in [6, 6.07) is 0. The number of allylic oxidation sites excluding steroid dienone is 4. The van der Waals surface area contributed by atoms with Crippen LogP contribution in [0.2, 0.25) is 0 Å². The second kappa shape index (κ2) is 3.09. The van der Waals surface area contributed by atoms with Gasteiger partial charge in [0.05, 0.1) is 0 Å². The second-order valence-electron chi connectivity index (χ2n) is 1.82. The molecule has 0 saturated carbocycles. The Hall–Kier alpha value is 1.23. The van der Waals surface area contributed by atoms with Crippen molar-refractivity contribution < 1.29 is 16.7 Å². The Labute approximate surface area is 69.5 Å². The molecule has 0 aromatic rings. The molecular weight excluding hydrogens is 258 g/mol. The first-order valence-corrected chi connectivity index (χ1v) is 13.3. The van der Waals surface area contributed by atoms with Crippen molar-refractivity contribution in [2.45, 2.75) is 6.42 Å². The van der Waals surface area contributed by atoms with Crippen LogP contribution >= 0.6 is 25.5 Å². The summed E-state index contributed by atoms with van der Waals surface area (Å²) in [6.07, 6.45) is 6.72. The Balaban J connectivity index is 2.66. The maximum atomic E-state index is 5.77. The number of hydrogen-bond acceptors (Lipinski definition) is 0. The molecule has 0 radical (unpaired) electrons. The van der Waals surface area contributed by atoms with E-state index in [1.54, 1.807) is 0 Å². The molecular formula is C5H5Cl3Zr. The molecule has 0 aliphatic heterocycles. The van der Waals surface area contributed by atoms with Crippen LogP contribution in [-0.2, 0) is 16.7 Å². The van der Waals surface area contributed by atoms with Crippen LogP contribution < -0.4 is 0 Å². The van der Waals surface area contributed by atoms with Gasteiger partial charge in [0.1, 0.15) is 0 Å². The summed E-state index contributed by atoms with van der Waals surface area (Å²) in [6.45, 7) is 0. The van der Waals surface area contributed by atoms with Gasteiger partial charge in [0.15, 0.2) is 0 Å². The first-order valence-electron chi connectivity index (χ1n) is 2.53. The summed E-state index contributed by atoms with van der Waals surface area (Å²) < 4.78 is 1.05. The van der Waals surface area contributed by atoms with Gasteiger partial charge < -0.3 is 0 Å². The standard InChI is InChI=1S/C5H5.3ClH.Zr/c1-2-4-5-3-1;;;;/h1-3H,4H2;3*1H;/q;;;;+3/p-3. The van der Waals surface area contributed by atoms with Crippen molar-refractivity contribution in [3.63, 3.8) is 0 Å². The molecule has 0 atom stereocenters. The van der Waals surface area contributed by atoms with Gasteiger partial charge in [-0.25, -0.2) is 0 Å². The van der Waals surface area contributed by atoms with Gasteiger partial charge in [0.2, 0.25) is 0 Å². The van der Waals surface area contributed by atoms with Crippen molar-refractivity contribution in [2.75, 3.05) is 0 Å². The van der Waals surface area contributed by atoms with Crippen molar-refractivity contribution in [3.05, 3.63) is 21.5 Å². The predicted molar refractivity (Wildman–Crippen MR) is 39.4 cm³/mol. The van der Waals surface area contributed by atoms with E-state index in [-0.39, 0.29) is 0 Å². The van der Waals surface area contributed by atoms with Crippen LogP contribution in [0.5, 0.6) is 0 Å². The topological polar surface area (TPSA) is 0 Å². The van der Waals surface area contributed by atoms with Gasteiger partial charge in [-0.1, -0.05) is 0 Å². The third kappa shape index (κ3) is 2.38. The molecule has 0 fully saturated rings. The average molecular weight is 263 g/mol. The van der Waals surface area contributed by atoms with Gasteiger partial charge in [0, 0.05) is 0 Å². The van der Waals surface area contributed by atoms with Crippen LogP contribution in [0.15, 0.2) is 21.5 Å². The third-order valence-electron chi connectivity index (χ3n) is 1.14. The first kappa shape index (κ1) is 8.33. The molecule has 1 rings (SSSR count). The van der Waals surface area contributed by atoms with Gasteiger partial charge in [-0.15, -0.1) is 0 Å². The van der Waals surface area contributed by atoms with Gasteiger partial charge in [-0.2, -0.15) is 0 Å². The van der Waals surface area contributed by atoms with E-state index in [1.807, 2.05) is 18.2 Å². The van der Waals surface area contributed by atoms with Crippen molar-refractivity contribution in [2.24, 2.45) is 0 Å². The molecule has 4 heteroatoms. The summed E-state index contributed by atoms with van der Waals surface area (Å²) >= 11 is -3.18. The van der Waals surface area contributed by atoms with Crippen molar-refractivity contribution in [1.82, 2.24) is 0 Å². The van der Waals surface area contributed by atoms with Crippen LogP contribution in [0.25, 0.3) is 0 Å². The summed E-state index contributed by atoms with van der Waals surface area (Å²) in [5, 5.41) is 0. The van der Waals surface area contributed by atoms with E-state index in [9.17, 15) is 0 Å². The molecule has 0 N–H and O–H groups in total. The van der Waals surface area contributed by atoms with Crippen LogP contribution in [0.4, 0.5) is 0 Å². The Morgan fingerprint density at radius 1 is 1.33 bits per heavy atom. The van der Waals surface area contributed by atoms with Gasteiger partial charge in [-0.3, -0.25) is 0 Å². The fraction of sp³-hybridized carbons (Fsp3) is 0.200. The molecule has 0 heterocycles. The van der Waals surface area contributed by atoms with E-state index in [0.717, 1.165) is 9.70 Å². The molecule has 0 saturated heterocycles. The van der Waals surface area contributed by atoms with E-state index in [0.29, 0.717) is 0 Å². The van der Waals surface area contributed by atoms with E-state index in [4.69, 9.17) is 25.5 Å². The summed E-state index contributed by atoms with van der Waals surface area (Å²) in [5.74, 6) is 0. The number of hydrogen-bond donors (Lipinski definition) is 0. The summed E-state index contributed by atoms with van der Waals surface area (Å²) in [4.78, 5) is 0. The summed E-state index contributed by atoms with van der Waals surface area (Å²) in [5.41, 5.74) is 0. The second-order valence-corrected chi connectivity index (χ2v) is 19.3. The Morgan fingerprint density at radius 2 is 2.00 bits per heavy atom. The molecule has 0 aromatic carbocycles. The molecule has 0 aromatic heterocycles. The molecule has 50 valence electrons. The number of rotatable bonds is 1. The van der Waals surface area contributed by atoms with Crippen molar-refractivity contribution in [1.29, 1.82) is 0 Å².